The van der Waals surface area contributed by atoms with Crippen molar-refractivity contribution in [2.24, 2.45) is 13.0 Å². The number of aromatic nitrogens is 2. The molecule has 1 aromatic rings. The number of nitrogens with one attached hydrogen (secondary N) is 1. The lowest BCUT2D eigenvalue weighted by atomic mass is 9.85. The van der Waals surface area contributed by atoms with Crippen LogP contribution in [0.5, 0.6) is 0 Å². The lowest BCUT2D eigenvalue weighted by molar-refractivity contribution is -0.135. The Kier molecular flexibility index (Phi) is 5.06. The van der Waals surface area contributed by atoms with E-state index in [-0.39, 0.29) is 6.04 Å². The van der Waals surface area contributed by atoms with Crippen molar-refractivity contribution in [3.8, 4) is 0 Å². The van der Waals surface area contributed by atoms with Gasteiger partial charge in [0.2, 0.25) is 5.91 Å². The number of nitrogens with zero attached hydrogens (tertiary/aromatic N) is 4. The fourth-order valence-electron chi connectivity index (χ4n) is 5.13. The third-order valence-corrected chi connectivity index (χ3v) is 6.89. The Morgan fingerprint density at radius 3 is 2.54 bits per heavy atom. The van der Waals surface area contributed by atoms with Crippen LogP contribution in [0.1, 0.15) is 49.1 Å². The molecule has 0 aromatic carbocycles. The number of hydrogen-bond donors (Lipinski definition) is 1. The molecule has 3 heterocycles. The summed E-state index contributed by atoms with van der Waals surface area (Å²) in [6.45, 7) is 8.79. The molecule has 3 fully saturated rings. The standard InChI is InChI=1S/C20H33N5O/c1-14-17(15(2)23(3)22-14)13-24-8-10-25(11-9-24)20(26)19-12-16-6-4-5-7-18(16)21-19/h16,18-19,21H,4-13H2,1-3H3. The van der Waals surface area contributed by atoms with E-state index in [1.165, 1.54) is 36.9 Å². The van der Waals surface area contributed by atoms with Crippen LogP contribution in [0.3, 0.4) is 0 Å². The monoisotopic (exact) mass is 359 g/mol. The van der Waals surface area contributed by atoms with E-state index in [1.54, 1.807) is 0 Å². The van der Waals surface area contributed by atoms with Crippen LogP contribution in [0, 0.1) is 19.8 Å². The average Bonchev–Trinajstić information content (AvgIpc) is 3.18. The summed E-state index contributed by atoms with van der Waals surface area (Å²) in [5.74, 6) is 1.07. The van der Waals surface area contributed by atoms with Crippen LogP contribution in [0.15, 0.2) is 0 Å². The van der Waals surface area contributed by atoms with Crippen molar-refractivity contribution in [2.75, 3.05) is 26.2 Å². The number of amides is 1. The van der Waals surface area contributed by atoms with E-state index < -0.39 is 0 Å². The number of hydrogen-bond acceptors (Lipinski definition) is 4. The van der Waals surface area contributed by atoms with Crippen molar-refractivity contribution in [3.63, 3.8) is 0 Å². The summed E-state index contributed by atoms with van der Waals surface area (Å²) in [6.07, 6.45) is 6.28. The number of fused-ring (bicyclic) bond motifs is 1. The van der Waals surface area contributed by atoms with Gasteiger partial charge in [-0.3, -0.25) is 14.4 Å². The van der Waals surface area contributed by atoms with Gasteiger partial charge in [-0.2, -0.15) is 5.10 Å². The molecule has 3 unspecified atom stereocenters. The molecule has 3 aliphatic rings. The maximum Gasteiger partial charge on any atom is 0.239 e. The van der Waals surface area contributed by atoms with Gasteiger partial charge in [0.25, 0.3) is 0 Å². The van der Waals surface area contributed by atoms with Crippen LogP contribution >= 0.6 is 0 Å². The molecule has 144 valence electrons. The molecule has 0 bridgehead atoms. The normalized spacial score (nSPS) is 29.8. The van der Waals surface area contributed by atoms with E-state index in [0.717, 1.165) is 50.8 Å². The highest BCUT2D eigenvalue weighted by atomic mass is 16.2. The Morgan fingerprint density at radius 2 is 1.88 bits per heavy atom. The molecule has 2 aliphatic heterocycles. The average molecular weight is 360 g/mol. The van der Waals surface area contributed by atoms with E-state index in [2.05, 4.69) is 34.1 Å². The van der Waals surface area contributed by atoms with Gasteiger partial charge in [-0.1, -0.05) is 12.8 Å². The zero-order valence-electron chi connectivity index (χ0n) is 16.5. The lowest BCUT2D eigenvalue weighted by Crippen LogP contribution is -2.53. The Morgan fingerprint density at radius 1 is 1.15 bits per heavy atom. The highest BCUT2D eigenvalue weighted by Crippen LogP contribution is 2.33. The maximum atomic E-state index is 13.0. The number of carbonyl (C=O) groups excluding carboxylic acids is 1. The van der Waals surface area contributed by atoms with Gasteiger partial charge in [-0.05, 0) is 39.0 Å². The SMILES string of the molecule is Cc1nn(C)c(C)c1CN1CCN(C(=O)C2CC3CCCCC3N2)CC1. The molecule has 2 saturated heterocycles. The first-order valence-corrected chi connectivity index (χ1v) is 10.3. The Labute approximate surface area is 156 Å². The molecule has 0 spiro atoms. The van der Waals surface area contributed by atoms with E-state index >= 15 is 0 Å². The van der Waals surface area contributed by atoms with E-state index in [9.17, 15) is 4.79 Å². The molecule has 3 atom stereocenters. The van der Waals surface area contributed by atoms with Crippen molar-refractivity contribution >= 4 is 5.91 Å². The van der Waals surface area contributed by atoms with Crippen molar-refractivity contribution in [2.45, 2.75) is 64.6 Å². The van der Waals surface area contributed by atoms with Gasteiger partial charge >= 0.3 is 0 Å². The second kappa shape index (κ2) is 7.31. The molecule has 1 aliphatic carbocycles. The maximum absolute atomic E-state index is 13.0. The molecule has 26 heavy (non-hydrogen) atoms. The van der Waals surface area contributed by atoms with Crippen LogP contribution in [0.25, 0.3) is 0 Å². The molecular formula is C20H33N5O. The summed E-state index contributed by atoms with van der Waals surface area (Å²) in [4.78, 5) is 17.5. The Bertz CT molecular complexity index is 647. The van der Waals surface area contributed by atoms with Crippen molar-refractivity contribution < 1.29 is 4.79 Å². The van der Waals surface area contributed by atoms with Gasteiger partial charge in [-0.25, -0.2) is 0 Å². The fraction of sp³-hybridized carbons (Fsp3) is 0.800. The third kappa shape index (κ3) is 3.41. The van der Waals surface area contributed by atoms with Gasteiger partial charge in [-0.15, -0.1) is 0 Å². The number of aryl methyl sites for hydroxylation is 2. The first-order chi connectivity index (χ1) is 12.5. The molecule has 4 rings (SSSR count). The summed E-state index contributed by atoms with van der Waals surface area (Å²) in [7, 11) is 2.01. The van der Waals surface area contributed by atoms with Gasteiger partial charge in [0.15, 0.2) is 0 Å². The van der Waals surface area contributed by atoms with Crippen LogP contribution in [-0.4, -0.2) is 63.8 Å². The summed E-state index contributed by atoms with van der Waals surface area (Å²) < 4.78 is 1.97. The van der Waals surface area contributed by atoms with Crippen molar-refractivity contribution in [1.82, 2.24) is 24.9 Å². The van der Waals surface area contributed by atoms with Crippen LogP contribution < -0.4 is 5.32 Å². The van der Waals surface area contributed by atoms with Crippen LogP contribution in [0.4, 0.5) is 0 Å². The van der Waals surface area contributed by atoms with Gasteiger partial charge in [0.1, 0.15) is 0 Å². The smallest absolute Gasteiger partial charge is 0.239 e. The molecule has 0 radical (unpaired) electrons. The molecule has 6 nitrogen and oxygen atoms in total. The highest BCUT2D eigenvalue weighted by molar-refractivity contribution is 5.82. The van der Waals surface area contributed by atoms with Gasteiger partial charge in [0.05, 0.1) is 11.7 Å². The molecular weight excluding hydrogens is 326 g/mol. The number of carbonyl (C=O) groups is 1. The predicted molar refractivity (Wildman–Crippen MR) is 102 cm³/mol. The summed E-state index contributed by atoms with van der Waals surface area (Å²) in [5.41, 5.74) is 3.72. The first kappa shape index (κ1) is 18.0. The molecule has 1 aromatic heterocycles. The van der Waals surface area contributed by atoms with Crippen molar-refractivity contribution in [1.29, 1.82) is 0 Å². The van der Waals surface area contributed by atoms with Crippen LogP contribution in [-0.2, 0) is 18.4 Å². The van der Waals surface area contributed by atoms with E-state index in [4.69, 9.17) is 0 Å². The number of rotatable bonds is 3. The summed E-state index contributed by atoms with van der Waals surface area (Å²) in [5, 5.41) is 8.17. The lowest BCUT2D eigenvalue weighted by Gasteiger charge is -2.36. The van der Waals surface area contributed by atoms with Crippen molar-refractivity contribution in [3.05, 3.63) is 17.0 Å². The minimum atomic E-state index is 0.0671. The third-order valence-electron chi connectivity index (χ3n) is 6.89. The fourth-order valence-corrected chi connectivity index (χ4v) is 5.13. The summed E-state index contributed by atoms with van der Waals surface area (Å²) in [6, 6.07) is 0.660. The van der Waals surface area contributed by atoms with Gasteiger partial charge < -0.3 is 10.2 Å². The number of piperazine rings is 1. The highest BCUT2D eigenvalue weighted by Gasteiger charge is 2.40. The minimum absolute atomic E-state index is 0.0671. The largest absolute Gasteiger partial charge is 0.339 e. The predicted octanol–water partition coefficient (Wildman–Crippen LogP) is 1.60. The van der Waals surface area contributed by atoms with E-state index in [0.29, 0.717) is 11.9 Å². The summed E-state index contributed by atoms with van der Waals surface area (Å²) >= 11 is 0. The van der Waals surface area contributed by atoms with Gasteiger partial charge in [0, 0.05) is 57.1 Å². The molecule has 1 saturated carbocycles. The molecule has 6 heteroatoms. The van der Waals surface area contributed by atoms with Crippen LogP contribution in [0.2, 0.25) is 0 Å². The molecule has 1 amide bonds. The second-order valence-electron chi connectivity index (χ2n) is 8.48. The second-order valence-corrected chi connectivity index (χ2v) is 8.48. The Balaban J connectivity index is 1.30. The minimum Gasteiger partial charge on any atom is -0.339 e. The molecule has 1 N–H and O–H groups in total. The Hall–Kier alpha value is -1.40. The topological polar surface area (TPSA) is 53.4 Å². The first-order valence-electron chi connectivity index (χ1n) is 10.3. The quantitative estimate of drug-likeness (QED) is 0.891. The zero-order chi connectivity index (χ0) is 18.3. The van der Waals surface area contributed by atoms with E-state index in [1.807, 2.05) is 11.7 Å². The zero-order valence-corrected chi connectivity index (χ0v) is 16.5.